The molecule has 2 heterocycles. The van der Waals surface area contributed by atoms with Crippen molar-refractivity contribution in [1.82, 2.24) is 9.78 Å². The number of fused-ring (bicyclic) bond motifs is 1. The summed E-state index contributed by atoms with van der Waals surface area (Å²) in [5, 5.41) is 9.63. The van der Waals surface area contributed by atoms with Crippen molar-refractivity contribution in [3.05, 3.63) is 65.7 Å². The van der Waals surface area contributed by atoms with Crippen LogP contribution in [0.15, 0.2) is 53.6 Å². The van der Waals surface area contributed by atoms with Crippen LogP contribution >= 0.6 is 11.8 Å². The second-order valence-electron chi connectivity index (χ2n) is 6.42. The molecule has 3 aromatic rings. The quantitative estimate of drug-likeness (QED) is 0.702. The number of rotatable bonds is 3. The summed E-state index contributed by atoms with van der Waals surface area (Å²) < 4.78 is 15.5. The lowest BCUT2D eigenvalue weighted by Crippen LogP contribution is -2.26. The Morgan fingerprint density at radius 2 is 2.07 bits per heavy atom. The molecule has 0 radical (unpaired) electrons. The van der Waals surface area contributed by atoms with Gasteiger partial charge in [0.2, 0.25) is 5.91 Å². The average molecular weight is 396 g/mol. The molecule has 0 saturated carbocycles. The molecule has 0 spiro atoms. The number of nitrogens with zero attached hydrogens (tertiary/aromatic N) is 2. The van der Waals surface area contributed by atoms with E-state index < -0.39 is 5.82 Å². The number of para-hydroxylation sites is 1. The fourth-order valence-corrected chi connectivity index (χ4v) is 3.87. The van der Waals surface area contributed by atoms with Crippen LogP contribution in [0.4, 0.5) is 15.8 Å². The van der Waals surface area contributed by atoms with E-state index >= 15 is 0 Å². The molecule has 4 rings (SSSR count). The third-order valence-corrected chi connectivity index (χ3v) is 5.69. The first-order valence-electron chi connectivity index (χ1n) is 8.66. The molecule has 1 aliphatic heterocycles. The molecule has 8 heteroatoms. The molecule has 28 heavy (non-hydrogen) atoms. The van der Waals surface area contributed by atoms with E-state index in [0.29, 0.717) is 28.3 Å². The van der Waals surface area contributed by atoms with Crippen LogP contribution < -0.4 is 10.6 Å². The number of halogens is 1. The Kier molecular flexibility index (Phi) is 4.64. The third-order valence-electron chi connectivity index (χ3n) is 4.51. The highest BCUT2D eigenvalue weighted by molar-refractivity contribution is 8.00. The van der Waals surface area contributed by atoms with Crippen LogP contribution in [0, 0.1) is 12.7 Å². The van der Waals surface area contributed by atoms with Crippen molar-refractivity contribution in [2.45, 2.75) is 24.0 Å². The van der Waals surface area contributed by atoms with Gasteiger partial charge in [0, 0.05) is 10.5 Å². The summed E-state index contributed by atoms with van der Waals surface area (Å²) in [4.78, 5) is 25.5. The van der Waals surface area contributed by atoms with E-state index in [1.165, 1.54) is 28.7 Å². The van der Waals surface area contributed by atoms with E-state index in [4.69, 9.17) is 0 Å². The Morgan fingerprint density at radius 3 is 2.86 bits per heavy atom. The zero-order valence-corrected chi connectivity index (χ0v) is 16.0. The Balaban J connectivity index is 1.58. The summed E-state index contributed by atoms with van der Waals surface area (Å²) >= 11 is 1.46. The molecular weight excluding hydrogens is 379 g/mol. The largest absolute Gasteiger partial charge is 0.324 e. The fourth-order valence-electron chi connectivity index (χ4n) is 2.94. The SMILES string of the molecule is Cc1c(NC(=O)c2ccc3c(c2)NC(=O)C(C)S3)cnn1-c1ccccc1F. The second kappa shape index (κ2) is 7.12. The smallest absolute Gasteiger partial charge is 0.255 e. The van der Waals surface area contributed by atoms with Gasteiger partial charge in [-0.05, 0) is 44.2 Å². The van der Waals surface area contributed by atoms with Crippen LogP contribution in [0.5, 0.6) is 0 Å². The van der Waals surface area contributed by atoms with Gasteiger partial charge < -0.3 is 10.6 Å². The molecule has 0 saturated heterocycles. The zero-order chi connectivity index (χ0) is 19.8. The van der Waals surface area contributed by atoms with E-state index in [1.807, 2.05) is 13.0 Å². The summed E-state index contributed by atoms with van der Waals surface area (Å²) in [5.74, 6) is -0.822. The fraction of sp³-hybridized carbons (Fsp3) is 0.150. The number of anilines is 2. The Hall–Kier alpha value is -3.13. The number of hydrogen-bond acceptors (Lipinski definition) is 4. The van der Waals surface area contributed by atoms with Crippen LogP contribution in [-0.2, 0) is 4.79 Å². The van der Waals surface area contributed by atoms with Gasteiger partial charge in [-0.3, -0.25) is 9.59 Å². The normalized spacial score (nSPS) is 15.7. The van der Waals surface area contributed by atoms with Crippen molar-refractivity contribution in [2.75, 3.05) is 10.6 Å². The minimum absolute atomic E-state index is 0.0860. The monoisotopic (exact) mass is 396 g/mol. The molecule has 2 N–H and O–H groups in total. The maximum atomic E-state index is 14.0. The zero-order valence-electron chi connectivity index (χ0n) is 15.2. The molecule has 1 aliphatic rings. The standard InChI is InChI=1S/C20H17FN4O2S/c1-11-16(10-22-25(11)17-6-4-3-5-14(17)21)24-20(27)13-7-8-18-15(9-13)23-19(26)12(2)28-18/h3-10,12H,1-2H3,(H,23,26)(H,24,27). The number of benzene rings is 2. The van der Waals surface area contributed by atoms with E-state index in [9.17, 15) is 14.0 Å². The van der Waals surface area contributed by atoms with Crippen LogP contribution in [0.1, 0.15) is 23.0 Å². The van der Waals surface area contributed by atoms with E-state index in [2.05, 4.69) is 15.7 Å². The van der Waals surface area contributed by atoms with Crippen LogP contribution in [0.3, 0.4) is 0 Å². The predicted octanol–water partition coefficient (Wildman–Crippen LogP) is 4.00. The number of aromatic nitrogens is 2. The Bertz CT molecular complexity index is 1100. The maximum Gasteiger partial charge on any atom is 0.255 e. The highest BCUT2D eigenvalue weighted by atomic mass is 32.2. The van der Waals surface area contributed by atoms with Gasteiger partial charge in [-0.25, -0.2) is 9.07 Å². The van der Waals surface area contributed by atoms with Crippen molar-refractivity contribution in [3.63, 3.8) is 0 Å². The van der Waals surface area contributed by atoms with Crippen LogP contribution in [-0.4, -0.2) is 26.8 Å². The number of carbonyl (C=O) groups is 2. The van der Waals surface area contributed by atoms with Gasteiger partial charge in [0.15, 0.2) is 0 Å². The first kappa shape index (κ1) is 18.2. The molecular formula is C20H17FN4O2S. The lowest BCUT2D eigenvalue weighted by atomic mass is 10.1. The lowest BCUT2D eigenvalue weighted by Gasteiger charge is -2.21. The maximum absolute atomic E-state index is 14.0. The Labute approximate surface area is 165 Å². The van der Waals surface area contributed by atoms with Crippen molar-refractivity contribution >= 4 is 35.0 Å². The van der Waals surface area contributed by atoms with Crippen LogP contribution in [0.2, 0.25) is 0 Å². The number of amides is 2. The van der Waals surface area contributed by atoms with Crippen molar-refractivity contribution in [3.8, 4) is 5.69 Å². The first-order valence-corrected chi connectivity index (χ1v) is 9.54. The molecule has 0 bridgehead atoms. The van der Waals surface area contributed by atoms with E-state index in [1.54, 1.807) is 37.3 Å². The van der Waals surface area contributed by atoms with Gasteiger partial charge in [0.1, 0.15) is 11.5 Å². The minimum Gasteiger partial charge on any atom is -0.324 e. The minimum atomic E-state index is -0.399. The number of nitrogens with one attached hydrogen (secondary N) is 2. The van der Waals surface area contributed by atoms with Gasteiger partial charge in [0.25, 0.3) is 5.91 Å². The molecule has 1 aromatic heterocycles. The van der Waals surface area contributed by atoms with Crippen molar-refractivity contribution < 1.29 is 14.0 Å². The predicted molar refractivity (Wildman–Crippen MR) is 107 cm³/mol. The molecule has 0 fully saturated rings. The summed E-state index contributed by atoms with van der Waals surface area (Å²) in [7, 11) is 0. The summed E-state index contributed by atoms with van der Waals surface area (Å²) in [6.45, 7) is 3.58. The highest BCUT2D eigenvalue weighted by Gasteiger charge is 2.24. The second-order valence-corrected chi connectivity index (χ2v) is 7.80. The molecule has 1 atom stereocenters. The highest BCUT2D eigenvalue weighted by Crippen LogP contribution is 2.36. The van der Waals surface area contributed by atoms with Gasteiger partial charge >= 0.3 is 0 Å². The molecule has 2 aromatic carbocycles. The topological polar surface area (TPSA) is 76.0 Å². The van der Waals surface area contributed by atoms with Gasteiger partial charge in [0.05, 0.1) is 28.5 Å². The summed E-state index contributed by atoms with van der Waals surface area (Å²) in [6, 6.07) is 11.5. The molecule has 2 amide bonds. The Morgan fingerprint density at radius 1 is 1.29 bits per heavy atom. The first-order chi connectivity index (χ1) is 13.4. The van der Waals surface area contributed by atoms with E-state index in [-0.39, 0.29) is 17.1 Å². The lowest BCUT2D eigenvalue weighted by molar-refractivity contribution is -0.115. The third kappa shape index (κ3) is 3.27. The van der Waals surface area contributed by atoms with Gasteiger partial charge in [-0.15, -0.1) is 11.8 Å². The molecule has 0 aliphatic carbocycles. The van der Waals surface area contributed by atoms with Gasteiger partial charge in [-0.1, -0.05) is 12.1 Å². The number of thioether (sulfide) groups is 1. The summed E-state index contributed by atoms with van der Waals surface area (Å²) in [5.41, 5.74) is 2.43. The number of hydrogen-bond donors (Lipinski definition) is 2. The molecule has 1 unspecified atom stereocenters. The summed E-state index contributed by atoms with van der Waals surface area (Å²) in [6.07, 6.45) is 1.48. The number of carbonyl (C=O) groups excluding carboxylic acids is 2. The van der Waals surface area contributed by atoms with Crippen molar-refractivity contribution in [1.29, 1.82) is 0 Å². The van der Waals surface area contributed by atoms with Crippen LogP contribution in [0.25, 0.3) is 5.69 Å². The average Bonchev–Trinajstić information content (AvgIpc) is 3.03. The molecule has 142 valence electrons. The van der Waals surface area contributed by atoms with Crippen molar-refractivity contribution in [2.24, 2.45) is 0 Å². The van der Waals surface area contributed by atoms with E-state index in [0.717, 1.165) is 4.90 Å². The molecule has 6 nitrogen and oxygen atoms in total. The van der Waals surface area contributed by atoms with Gasteiger partial charge in [-0.2, -0.15) is 5.10 Å².